The number of fused-ring (bicyclic) bond motifs is 1. The van der Waals surface area contributed by atoms with E-state index in [1.54, 1.807) is 69.2 Å². The van der Waals surface area contributed by atoms with Gasteiger partial charge in [-0.3, -0.25) is 9.20 Å². The summed E-state index contributed by atoms with van der Waals surface area (Å²) in [4.78, 5) is 45.2. The van der Waals surface area contributed by atoms with E-state index in [1.807, 2.05) is 18.2 Å². The highest BCUT2D eigenvalue weighted by molar-refractivity contribution is 5.93. The van der Waals surface area contributed by atoms with E-state index in [9.17, 15) is 14.4 Å². The van der Waals surface area contributed by atoms with Crippen LogP contribution in [-0.2, 0) is 16.1 Å². The Morgan fingerprint density at radius 2 is 1.81 bits per heavy atom. The molecule has 4 aromatic rings. The van der Waals surface area contributed by atoms with Crippen LogP contribution in [0.1, 0.15) is 43.1 Å². The monoisotopic (exact) mass is 588 g/mol. The number of nitrogens with one attached hydrogen (secondary N) is 1. The normalized spacial score (nSPS) is 14.9. The zero-order valence-corrected chi connectivity index (χ0v) is 24.4. The third kappa shape index (κ3) is 6.77. The van der Waals surface area contributed by atoms with Crippen LogP contribution in [0.25, 0.3) is 16.8 Å². The molecule has 0 spiro atoms. The van der Waals surface area contributed by atoms with E-state index in [0.717, 1.165) is 16.2 Å². The van der Waals surface area contributed by atoms with Gasteiger partial charge in [0.2, 0.25) is 0 Å². The van der Waals surface area contributed by atoms with Gasteiger partial charge in [0.25, 0.3) is 5.56 Å². The highest BCUT2D eigenvalue weighted by Gasteiger charge is 2.30. The van der Waals surface area contributed by atoms with Crippen molar-refractivity contribution in [1.29, 1.82) is 0 Å². The van der Waals surface area contributed by atoms with E-state index in [-0.39, 0.29) is 29.7 Å². The SMILES string of the molecule is COc1ccc(-c2cc(C(=O)OCc3ccccc3)c(=O)n3cc(F)c(N4CCC(NC(=O)OC(C)(C)C)C4)nc23)cc1. The summed E-state index contributed by atoms with van der Waals surface area (Å²) in [6, 6.07) is 17.2. The summed E-state index contributed by atoms with van der Waals surface area (Å²) in [6.45, 7) is 6.02. The van der Waals surface area contributed by atoms with Crippen molar-refractivity contribution < 1.29 is 28.2 Å². The van der Waals surface area contributed by atoms with Gasteiger partial charge in [-0.1, -0.05) is 42.5 Å². The van der Waals surface area contributed by atoms with Crippen molar-refractivity contribution in [3.05, 3.63) is 94.2 Å². The van der Waals surface area contributed by atoms with Crippen LogP contribution in [0.2, 0.25) is 0 Å². The number of rotatable bonds is 7. The summed E-state index contributed by atoms with van der Waals surface area (Å²) in [6.07, 6.45) is 1.04. The van der Waals surface area contributed by atoms with E-state index in [2.05, 4.69) is 10.3 Å². The molecular formula is C32H33FN4O6. The summed E-state index contributed by atoms with van der Waals surface area (Å²) in [5, 5.41) is 2.82. The predicted molar refractivity (Wildman–Crippen MR) is 159 cm³/mol. The summed E-state index contributed by atoms with van der Waals surface area (Å²) < 4.78 is 32.7. The summed E-state index contributed by atoms with van der Waals surface area (Å²) in [7, 11) is 1.55. The van der Waals surface area contributed by atoms with Crippen molar-refractivity contribution in [2.75, 3.05) is 25.1 Å². The van der Waals surface area contributed by atoms with Gasteiger partial charge in [-0.25, -0.2) is 19.0 Å². The fourth-order valence-corrected chi connectivity index (χ4v) is 4.88. The molecular weight excluding hydrogens is 555 g/mol. The van der Waals surface area contributed by atoms with Crippen LogP contribution < -0.4 is 20.5 Å². The smallest absolute Gasteiger partial charge is 0.407 e. The van der Waals surface area contributed by atoms with Gasteiger partial charge in [0.15, 0.2) is 11.6 Å². The first-order valence-electron chi connectivity index (χ1n) is 13.9. The number of carbonyl (C=O) groups excluding carboxylic acids is 2. The second-order valence-electron chi connectivity index (χ2n) is 11.3. The summed E-state index contributed by atoms with van der Waals surface area (Å²) in [5.41, 5.74) is 0.324. The fraction of sp³-hybridized carbons (Fsp3) is 0.312. The number of pyridine rings is 1. The maximum atomic E-state index is 15.6. The van der Waals surface area contributed by atoms with Crippen molar-refractivity contribution in [2.24, 2.45) is 0 Å². The Bertz CT molecular complexity index is 1700. The van der Waals surface area contributed by atoms with E-state index in [1.165, 1.54) is 6.07 Å². The molecule has 3 heterocycles. The number of amides is 1. The number of aromatic nitrogens is 2. The lowest BCUT2D eigenvalue weighted by Crippen LogP contribution is -2.40. The topological polar surface area (TPSA) is 111 Å². The van der Waals surface area contributed by atoms with Crippen molar-refractivity contribution in [3.63, 3.8) is 0 Å². The Morgan fingerprint density at radius 1 is 1.09 bits per heavy atom. The lowest BCUT2D eigenvalue weighted by Gasteiger charge is -2.22. The van der Waals surface area contributed by atoms with E-state index >= 15 is 4.39 Å². The number of nitrogens with zero attached hydrogens (tertiary/aromatic N) is 3. The Morgan fingerprint density at radius 3 is 2.49 bits per heavy atom. The molecule has 5 rings (SSSR count). The maximum Gasteiger partial charge on any atom is 0.407 e. The van der Waals surface area contributed by atoms with Crippen molar-refractivity contribution in [1.82, 2.24) is 14.7 Å². The molecule has 1 unspecified atom stereocenters. The molecule has 2 aromatic heterocycles. The molecule has 1 fully saturated rings. The highest BCUT2D eigenvalue weighted by atomic mass is 19.1. The van der Waals surface area contributed by atoms with E-state index in [0.29, 0.717) is 36.4 Å². The molecule has 11 heteroatoms. The minimum Gasteiger partial charge on any atom is -0.497 e. The number of halogens is 1. The Hall–Kier alpha value is -4.93. The lowest BCUT2D eigenvalue weighted by atomic mass is 10.0. The van der Waals surface area contributed by atoms with E-state index in [4.69, 9.17) is 14.2 Å². The molecule has 224 valence electrons. The number of esters is 1. The van der Waals surface area contributed by atoms with Gasteiger partial charge in [0.05, 0.1) is 19.3 Å². The number of alkyl carbamates (subject to hydrolysis) is 1. The Balaban J connectivity index is 1.51. The molecule has 10 nitrogen and oxygen atoms in total. The Labute approximate surface area is 248 Å². The van der Waals surface area contributed by atoms with Crippen molar-refractivity contribution in [3.8, 4) is 16.9 Å². The molecule has 1 aliphatic heterocycles. The molecule has 2 aromatic carbocycles. The second-order valence-corrected chi connectivity index (χ2v) is 11.3. The number of hydrogen-bond acceptors (Lipinski definition) is 8. The van der Waals surface area contributed by atoms with Gasteiger partial charge in [0.1, 0.15) is 29.2 Å². The molecule has 1 saturated heterocycles. The number of carbonyl (C=O) groups is 2. The van der Waals surface area contributed by atoms with Crippen molar-refractivity contribution in [2.45, 2.75) is 45.4 Å². The minimum atomic E-state index is -0.835. The zero-order valence-electron chi connectivity index (χ0n) is 24.4. The maximum absolute atomic E-state index is 15.6. The number of methoxy groups -OCH3 is 1. The van der Waals surface area contributed by atoms with Crippen molar-refractivity contribution >= 4 is 23.5 Å². The van der Waals surface area contributed by atoms with Crippen LogP contribution in [0.3, 0.4) is 0 Å². The second kappa shape index (κ2) is 12.1. The highest BCUT2D eigenvalue weighted by Crippen LogP contribution is 2.29. The standard InChI is InChI=1S/C32H33FN4O6/c1-32(2,3)43-31(40)34-22-14-15-36(17-22)28-26(33)18-37-27(35-28)24(21-10-12-23(41-4)13-11-21)16-25(29(37)38)30(39)42-19-20-8-6-5-7-9-20/h5-13,16,18,22H,14-15,17,19H2,1-4H3,(H,34,40). The quantitative estimate of drug-likeness (QED) is 0.301. The summed E-state index contributed by atoms with van der Waals surface area (Å²) in [5.74, 6) is -0.938. The van der Waals surface area contributed by atoms with Crippen LogP contribution in [0, 0.1) is 5.82 Å². The lowest BCUT2D eigenvalue weighted by molar-refractivity contribution is 0.0468. The average molecular weight is 589 g/mol. The van der Waals surface area contributed by atoms with Crippen LogP contribution in [-0.4, -0.2) is 53.3 Å². The molecule has 1 amide bonds. The molecule has 43 heavy (non-hydrogen) atoms. The zero-order chi connectivity index (χ0) is 30.7. The number of hydrogen-bond donors (Lipinski definition) is 1. The van der Waals surface area contributed by atoms with Gasteiger partial charge in [-0.15, -0.1) is 0 Å². The largest absolute Gasteiger partial charge is 0.497 e. The van der Waals surface area contributed by atoms with Crippen LogP contribution in [0.5, 0.6) is 5.75 Å². The summed E-state index contributed by atoms with van der Waals surface area (Å²) >= 11 is 0. The van der Waals surface area contributed by atoms with E-state index < -0.39 is 29.0 Å². The molecule has 0 bridgehead atoms. The van der Waals surface area contributed by atoms with Crippen LogP contribution in [0.4, 0.5) is 15.0 Å². The predicted octanol–water partition coefficient (Wildman–Crippen LogP) is 4.97. The number of ether oxygens (including phenoxy) is 3. The first kappa shape index (κ1) is 29.6. The average Bonchev–Trinajstić information content (AvgIpc) is 3.43. The molecule has 0 aliphatic carbocycles. The number of benzene rings is 2. The fourth-order valence-electron chi connectivity index (χ4n) is 4.88. The molecule has 0 saturated carbocycles. The third-order valence-corrected chi connectivity index (χ3v) is 6.92. The van der Waals surface area contributed by atoms with Gasteiger partial charge in [-0.05, 0) is 56.5 Å². The van der Waals surface area contributed by atoms with Gasteiger partial charge < -0.3 is 24.4 Å². The first-order valence-corrected chi connectivity index (χ1v) is 13.9. The first-order chi connectivity index (χ1) is 20.5. The molecule has 1 aliphatic rings. The van der Waals surface area contributed by atoms with Gasteiger partial charge >= 0.3 is 12.1 Å². The third-order valence-electron chi connectivity index (χ3n) is 6.92. The van der Waals surface area contributed by atoms with Gasteiger partial charge in [-0.2, -0.15) is 0 Å². The van der Waals surface area contributed by atoms with Gasteiger partial charge in [0, 0.05) is 18.7 Å². The molecule has 1 N–H and O–H groups in total. The van der Waals surface area contributed by atoms with Crippen LogP contribution >= 0.6 is 0 Å². The minimum absolute atomic E-state index is 0.0291. The van der Waals surface area contributed by atoms with Crippen LogP contribution in [0.15, 0.2) is 71.7 Å². The number of anilines is 1. The molecule has 0 radical (unpaired) electrons. The molecule has 1 atom stereocenters. The Kier molecular flexibility index (Phi) is 8.33.